The van der Waals surface area contributed by atoms with Crippen molar-refractivity contribution >= 4 is 51.2 Å². The second-order valence-electron chi connectivity index (χ2n) is 31.1. The van der Waals surface area contributed by atoms with Crippen LogP contribution >= 0.6 is 0 Å². The van der Waals surface area contributed by atoms with Crippen LogP contribution in [0.25, 0.3) is 66.8 Å². The third kappa shape index (κ3) is 8.01. The molecule has 27 rings (SSSR count). The van der Waals surface area contributed by atoms with Crippen LogP contribution in [0.2, 0.25) is 0 Å². The summed E-state index contributed by atoms with van der Waals surface area (Å²) in [5, 5.41) is 0. The van der Waals surface area contributed by atoms with Gasteiger partial charge in [-0.05, 0) is 294 Å². The molecule has 6 aliphatic carbocycles. The van der Waals surface area contributed by atoms with E-state index in [-0.39, 0.29) is 0 Å². The first kappa shape index (κ1) is 57.1. The van der Waals surface area contributed by atoms with Gasteiger partial charge in [-0.1, -0.05) is 164 Å². The molecule has 12 aliphatic rings. The van der Waals surface area contributed by atoms with Crippen molar-refractivity contribution in [3.8, 4) is 66.8 Å². The molecule has 0 spiro atoms. The fourth-order valence-corrected chi connectivity index (χ4v) is 21.3. The lowest BCUT2D eigenvalue weighted by Gasteiger charge is -2.39. The Balaban J connectivity index is 0.0000000914. The highest BCUT2D eigenvalue weighted by Crippen LogP contribution is 2.59. The molecule has 0 radical (unpaired) electrons. The number of anilines is 9. The van der Waals surface area contributed by atoms with Gasteiger partial charge in [0, 0.05) is 80.4 Å². The van der Waals surface area contributed by atoms with Crippen LogP contribution in [0.5, 0.6) is 0 Å². The minimum Gasteiger partial charge on any atom is -0.309 e. The standard InChI is InChI=1S/3C33H22N2/c1-3-7-26-19(5-1)14-29-27(26)10-9-21-12-22-16-31-23(15-28(22)32(21)29)13-25-18-34-17-24-11-20-6-2-4-8-30(20)35(31)33(24)25;1-3-7-25-19(5-1)15-28-26(25)10-9-21-13-23-18-31-24(16-27(23)32(21)28)14-22-11-12-34-29-17-20-6-2-4-8-30(20)35(31)33(22)29;1-3-7-25-19(5-1)15-28-26(25)10-9-21-14-23-18-31-24(16-27(23)32(21)28)17-29-33-22(11-12-34-29)13-20-6-2-4-8-30(20)35(31)33/h1-10,15-18H,11-14H2;2*1-12,16,18H,13-15,17H2. The molecule has 0 bridgehead atoms. The van der Waals surface area contributed by atoms with Gasteiger partial charge in [0.1, 0.15) is 0 Å². The molecular weight excluding hydrogens is 1270 g/mol. The zero-order chi connectivity index (χ0) is 68.0. The lowest BCUT2D eigenvalue weighted by molar-refractivity contribution is 0.959. The fraction of sp³-hybridized carbons (Fsp3) is 0.121. The number of rotatable bonds is 0. The minimum atomic E-state index is 0.898. The van der Waals surface area contributed by atoms with Crippen molar-refractivity contribution in [2.45, 2.75) is 77.0 Å². The summed E-state index contributed by atoms with van der Waals surface area (Å²) in [6.45, 7) is 0. The Morgan fingerprint density at radius 3 is 0.952 bits per heavy atom. The fourth-order valence-electron chi connectivity index (χ4n) is 21.3. The normalized spacial score (nSPS) is 14.9. The summed E-state index contributed by atoms with van der Waals surface area (Å²) in [5.74, 6) is 0. The smallest absolute Gasteiger partial charge is 0.0716 e. The maximum absolute atomic E-state index is 4.87. The second-order valence-corrected chi connectivity index (χ2v) is 31.1. The van der Waals surface area contributed by atoms with Gasteiger partial charge in [0.05, 0.1) is 45.5 Å². The van der Waals surface area contributed by atoms with Gasteiger partial charge in [-0.25, -0.2) is 0 Å². The van der Waals surface area contributed by atoms with Crippen molar-refractivity contribution in [3.63, 3.8) is 0 Å². The SMILES string of the molecule is c1ccc2c(c1)Cc1c-2ccc2c1-c1cc3c(cc1C2)N1c2ccccc2Cc2ccnc(c21)C3.c1ccc2c(c1)Cc1c-2ccc2c1-c1cc3c(cc1C2)N1c2ccccc2Cc2cncc(c21)C3.c1ccc2c(c1)Cc1c-2ccc2c1-c1cc3c(cc1C2)N1c2ccccc2Cc2nccc(c21)C3. The Kier molecular flexibility index (Phi) is 11.5. The zero-order valence-electron chi connectivity index (χ0n) is 57.9. The van der Waals surface area contributed by atoms with Crippen LogP contribution < -0.4 is 14.7 Å². The molecule has 0 amide bonds. The highest BCUT2D eigenvalue weighted by atomic mass is 15.2. The Bertz CT molecular complexity index is 5900. The van der Waals surface area contributed by atoms with Crippen molar-refractivity contribution in [2.75, 3.05) is 14.7 Å². The average molecular weight is 1340 g/mol. The molecule has 15 aromatic rings. The topological polar surface area (TPSA) is 48.4 Å². The molecule has 0 atom stereocenters. The first-order valence-electron chi connectivity index (χ1n) is 37.7. The van der Waals surface area contributed by atoms with E-state index in [2.05, 4.69) is 263 Å². The van der Waals surface area contributed by atoms with Crippen molar-refractivity contribution in [3.05, 3.63) is 389 Å². The molecule has 6 nitrogen and oxygen atoms in total. The van der Waals surface area contributed by atoms with Gasteiger partial charge in [0.15, 0.2) is 0 Å². The Morgan fingerprint density at radius 1 is 0.200 bits per heavy atom. The summed E-state index contributed by atoms with van der Waals surface area (Å²) < 4.78 is 0. The van der Waals surface area contributed by atoms with Gasteiger partial charge < -0.3 is 14.7 Å². The molecule has 0 N–H and O–H groups in total. The zero-order valence-corrected chi connectivity index (χ0v) is 57.9. The van der Waals surface area contributed by atoms with Crippen molar-refractivity contribution in [1.29, 1.82) is 0 Å². The van der Waals surface area contributed by atoms with Crippen LogP contribution in [0.4, 0.5) is 51.2 Å². The number of para-hydroxylation sites is 3. The van der Waals surface area contributed by atoms with Crippen molar-refractivity contribution < 1.29 is 0 Å². The molecule has 0 saturated carbocycles. The Morgan fingerprint density at radius 2 is 0.524 bits per heavy atom. The van der Waals surface area contributed by atoms with Crippen molar-refractivity contribution in [2.24, 2.45) is 0 Å². The van der Waals surface area contributed by atoms with E-state index in [9.17, 15) is 0 Å². The van der Waals surface area contributed by atoms with Crippen LogP contribution in [0, 0.1) is 0 Å². The van der Waals surface area contributed by atoms with E-state index in [1.165, 1.54) is 252 Å². The van der Waals surface area contributed by atoms with E-state index in [0.29, 0.717) is 0 Å². The number of hydrogen-bond acceptors (Lipinski definition) is 6. The van der Waals surface area contributed by atoms with Crippen LogP contribution in [0.1, 0.15) is 134 Å². The molecule has 0 saturated heterocycles. The van der Waals surface area contributed by atoms with Gasteiger partial charge in [-0.2, -0.15) is 0 Å². The quantitative estimate of drug-likeness (QED) is 0.151. The molecule has 12 aromatic carbocycles. The first-order chi connectivity index (χ1) is 52.0. The van der Waals surface area contributed by atoms with E-state index >= 15 is 0 Å². The summed E-state index contributed by atoms with van der Waals surface area (Å²) in [6, 6.07) is 87.0. The third-order valence-electron chi connectivity index (χ3n) is 25.7. The number of pyridine rings is 3. The molecule has 105 heavy (non-hydrogen) atoms. The van der Waals surface area contributed by atoms with Gasteiger partial charge in [0.2, 0.25) is 0 Å². The Labute approximate surface area is 609 Å². The minimum absolute atomic E-state index is 0.898. The third-order valence-corrected chi connectivity index (χ3v) is 25.7. The predicted molar refractivity (Wildman–Crippen MR) is 423 cm³/mol. The molecule has 6 heteroatoms. The Hall–Kier alpha value is -12.5. The van der Waals surface area contributed by atoms with Crippen LogP contribution in [-0.4, -0.2) is 15.0 Å². The average Bonchev–Trinajstić information content (AvgIpc) is 1.70. The molecular formula is C99H66N6. The monoisotopic (exact) mass is 1340 g/mol. The van der Waals surface area contributed by atoms with Crippen LogP contribution in [-0.2, 0) is 77.0 Å². The lowest BCUT2D eigenvalue weighted by Crippen LogP contribution is -2.25. The molecule has 0 unspecified atom stereocenters. The number of benzene rings is 12. The summed E-state index contributed by atoms with van der Waals surface area (Å²) in [5.41, 5.74) is 63.2. The van der Waals surface area contributed by atoms with Gasteiger partial charge >= 0.3 is 0 Å². The predicted octanol–water partition coefficient (Wildman–Crippen LogP) is 22.5. The van der Waals surface area contributed by atoms with E-state index in [0.717, 1.165) is 77.0 Å². The van der Waals surface area contributed by atoms with E-state index in [1.807, 2.05) is 12.4 Å². The molecule has 6 aliphatic heterocycles. The van der Waals surface area contributed by atoms with E-state index in [4.69, 9.17) is 9.97 Å². The maximum Gasteiger partial charge on any atom is 0.0716 e. The molecule has 3 aromatic heterocycles. The highest BCUT2D eigenvalue weighted by Gasteiger charge is 2.40. The number of aromatic nitrogens is 3. The largest absolute Gasteiger partial charge is 0.309 e. The summed E-state index contributed by atoms with van der Waals surface area (Å²) in [4.78, 5) is 21.8. The van der Waals surface area contributed by atoms with E-state index < -0.39 is 0 Å². The molecule has 492 valence electrons. The molecule has 9 heterocycles. The summed E-state index contributed by atoms with van der Waals surface area (Å²) in [7, 11) is 0. The van der Waals surface area contributed by atoms with Gasteiger partial charge in [-0.15, -0.1) is 0 Å². The molecule has 0 fully saturated rings. The van der Waals surface area contributed by atoms with Crippen LogP contribution in [0.3, 0.4) is 0 Å². The highest BCUT2D eigenvalue weighted by molar-refractivity contribution is 5.99. The maximum atomic E-state index is 4.87. The summed E-state index contributed by atoms with van der Waals surface area (Å²) >= 11 is 0. The van der Waals surface area contributed by atoms with Crippen LogP contribution in [0.15, 0.2) is 255 Å². The number of fused-ring (bicyclic) bond motifs is 33. The lowest BCUT2D eigenvalue weighted by atomic mass is 9.86. The second kappa shape index (κ2) is 21.1. The van der Waals surface area contributed by atoms with E-state index in [1.54, 1.807) is 0 Å². The number of nitrogens with zero attached hydrogens (tertiary/aromatic N) is 6. The first-order valence-corrected chi connectivity index (χ1v) is 37.7. The number of hydrogen-bond donors (Lipinski definition) is 0. The van der Waals surface area contributed by atoms with Gasteiger partial charge in [-0.3, -0.25) is 15.0 Å². The van der Waals surface area contributed by atoms with Gasteiger partial charge in [0.25, 0.3) is 0 Å². The van der Waals surface area contributed by atoms with Crippen molar-refractivity contribution in [1.82, 2.24) is 15.0 Å². The summed E-state index contributed by atoms with van der Waals surface area (Å²) in [6.07, 6.45) is 20.0.